The van der Waals surface area contributed by atoms with E-state index in [9.17, 15) is 4.79 Å². The molecule has 1 unspecified atom stereocenters. The van der Waals surface area contributed by atoms with Crippen molar-refractivity contribution in [3.05, 3.63) is 35.9 Å². The van der Waals surface area contributed by atoms with Gasteiger partial charge in [0.15, 0.2) is 0 Å². The van der Waals surface area contributed by atoms with Gasteiger partial charge in [-0.3, -0.25) is 0 Å². The minimum atomic E-state index is -0.939. The SMILES string of the molecule is CCCCCC(C)COc1ccc(/C=C/C(=O)O)cc1. The second kappa shape index (κ2) is 9.18. The first-order valence-electron chi connectivity index (χ1n) is 7.25. The summed E-state index contributed by atoms with van der Waals surface area (Å²) in [5.74, 6) is 0.458. The Labute approximate surface area is 121 Å². The fourth-order valence-electron chi connectivity index (χ4n) is 1.91. The van der Waals surface area contributed by atoms with Crippen molar-refractivity contribution in [3.63, 3.8) is 0 Å². The van der Waals surface area contributed by atoms with Gasteiger partial charge in [0.1, 0.15) is 5.75 Å². The minimum absolute atomic E-state index is 0.563. The predicted molar refractivity (Wildman–Crippen MR) is 81.9 cm³/mol. The Morgan fingerprint density at radius 2 is 2.00 bits per heavy atom. The number of ether oxygens (including phenoxy) is 1. The van der Waals surface area contributed by atoms with E-state index in [1.54, 1.807) is 6.08 Å². The van der Waals surface area contributed by atoms with Gasteiger partial charge in [0.05, 0.1) is 6.61 Å². The van der Waals surface area contributed by atoms with Crippen LogP contribution in [-0.2, 0) is 4.79 Å². The zero-order valence-corrected chi connectivity index (χ0v) is 12.3. The van der Waals surface area contributed by atoms with Gasteiger partial charge >= 0.3 is 5.97 Å². The smallest absolute Gasteiger partial charge is 0.328 e. The third-order valence-corrected chi connectivity index (χ3v) is 3.13. The Hall–Kier alpha value is -1.77. The van der Waals surface area contributed by atoms with Gasteiger partial charge in [0.25, 0.3) is 0 Å². The van der Waals surface area contributed by atoms with Crippen molar-refractivity contribution >= 4 is 12.0 Å². The van der Waals surface area contributed by atoms with Crippen molar-refractivity contribution in [1.29, 1.82) is 0 Å². The normalized spacial score (nSPS) is 12.5. The molecule has 20 heavy (non-hydrogen) atoms. The average Bonchev–Trinajstić information content (AvgIpc) is 2.44. The second-order valence-corrected chi connectivity index (χ2v) is 5.15. The predicted octanol–water partition coefficient (Wildman–Crippen LogP) is 4.38. The molecule has 3 heteroatoms. The molecule has 3 nitrogen and oxygen atoms in total. The zero-order chi connectivity index (χ0) is 14.8. The first-order valence-corrected chi connectivity index (χ1v) is 7.25. The molecule has 110 valence electrons. The van der Waals surface area contributed by atoms with Crippen molar-refractivity contribution < 1.29 is 14.6 Å². The van der Waals surface area contributed by atoms with Gasteiger partial charge in [-0.05, 0) is 36.1 Å². The van der Waals surface area contributed by atoms with Gasteiger partial charge < -0.3 is 9.84 Å². The number of rotatable bonds is 9. The van der Waals surface area contributed by atoms with Crippen LogP contribution < -0.4 is 4.74 Å². The van der Waals surface area contributed by atoms with Gasteiger partial charge in [-0.2, -0.15) is 0 Å². The first kappa shape index (κ1) is 16.3. The summed E-state index contributed by atoms with van der Waals surface area (Å²) in [4.78, 5) is 10.4. The van der Waals surface area contributed by atoms with Crippen LogP contribution in [0.2, 0.25) is 0 Å². The summed E-state index contributed by atoms with van der Waals surface area (Å²) >= 11 is 0. The fraction of sp³-hybridized carbons (Fsp3) is 0.471. The summed E-state index contributed by atoms with van der Waals surface area (Å²) in [5, 5.41) is 8.55. The third kappa shape index (κ3) is 6.98. The van der Waals surface area contributed by atoms with Gasteiger partial charge in [-0.25, -0.2) is 4.79 Å². The van der Waals surface area contributed by atoms with Crippen LogP contribution >= 0.6 is 0 Å². The summed E-state index contributed by atoms with van der Waals surface area (Å²) in [7, 11) is 0. The molecule has 0 saturated carbocycles. The van der Waals surface area contributed by atoms with Gasteiger partial charge in [0, 0.05) is 6.08 Å². The van der Waals surface area contributed by atoms with Crippen LogP contribution in [0, 0.1) is 5.92 Å². The fourth-order valence-corrected chi connectivity index (χ4v) is 1.91. The van der Waals surface area contributed by atoms with E-state index in [0.717, 1.165) is 24.0 Å². The van der Waals surface area contributed by atoms with Crippen molar-refractivity contribution in [1.82, 2.24) is 0 Å². The minimum Gasteiger partial charge on any atom is -0.493 e. The van der Waals surface area contributed by atoms with Crippen LogP contribution in [0.5, 0.6) is 5.75 Å². The van der Waals surface area contributed by atoms with Crippen molar-refractivity contribution in [2.75, 3.05) is 6.61 Å². The molecule has 0 saturated heterocycles. The third-order valence-electron chi connectivity index (χ3n) is 3.13. The van der Waals surface area contributed by atoms with Crippen molar-refractivity contribution in [3.8, 4) is 5.75 Å². The van der Waals surface area contributed by atoms with E-state index in [-0.39, 0.29) is 0 Å². The van der Waals surface area contributed by atoms with Crippen molar-refractivity contribution in [2.45, 2.75) is 39.5 Å². The molecule has 0 aliphatic carbocycles. The second-order valence-electron chi connectivity index (χ2n) is 5.15. The van der Waals surface area contributed by atoms with Crippen LogP contribution in [0.25, 0.3) is 6.08 Å². The lowest BCUT2D eigenvalue weighted by molar-refractivity contribution is -0.131. The lowest BCUT2D eigenvalue weighted by atomic mass is 10.0. The van der Waals surface area contributed by atoms with E-state index in [1.807, 2.05) is 24.3 Å². The molecule has 1 aromatic carbocycles. The molecule has 1 rings (SSSR count). The molecule has 0 heterocycles. The molecule has 0 bridgehead atoms. The molecule has 0 spiro atoms. The standard InChI is InChI=1S/C17H24O3/c1-3-4-5-6-14(2)13-20-16-10-7-15(8-11-16)9-12-17(18)19/h7-12,14H,3-6,13H2,1-2H3,(H,18,19)/b12-9+. The van der Waals surface area contributed by atoms with Crippen LogP contribution in [0.15, 0.2) is 30.3 Å². The van der Waals surface area contributed by atoms with E-state index in [1.165, 1.54) is 25.7 Å². The highest BCUT2D eigenvalue weighted by atomic mass is 16.5. The van der Waals surface area contributed by atoms with E-state index in [4.69, 9.17) is 9.84 Å². The van der Waals surface area contributed by atoms with Crippen molar-refractivity contribution in [2.24, 2.45) is 5.92 Å². The maximum atomic E-state index is 10.4. The number of carbonyl (C=O) groups is 1. The lowest BCUT2D eigenvalue weighted by Gasteiger charge is -2.12. The zero-order valence-electron chi connectivity index (χ0n) is 12.3. The summed E-state index contributed by atoms with van der Waals surface area (Å²) in [5.41, 5.74) is 0.857. The number of carboxylic acid groups (broad SMARTS) is 1. The molecule has 0 amide bonds. The van der Waals surface area contributed by atoms with Crippen LogP contribution in [0.3, 0.4) is 0 Å². The highest BCUT2D eigenvalue weighted by Crippen LogP contribution is 2.16. The van der Waals surface area contributed by atoms with E-state index in [0.29, 0.717) is 5.92 Å². The quantitative estimate of drug-likeness (QED) is 0.538. The molecule has 0 radical (unpaired) electrons. The summed E-state index contributed by atoms with van der Waals surface area (Å²) in [6.45, 7) is 5.15. The highest BCUT2D eigenvalue weighted by Gasteiger charge is 2.03. The number of benzene rings is 1. The molecule has 1 N–H and O–H groups in total. The number of aliphatic carboxylic acids is 1. The van der Waals surface area contributed by atoms with Gasteiger partial charge in [0.2, 0.25) is 0 Å². The monoisotopic (exact) mass is 276 g/mol. The number of hydrogen-bond acceptors (Lipinski definition) is 2. The molecule has 0 aliphatic heterocycles. The van der Waals surface area contributed by atoms with Crippen LogP contribution in [-0.4, -0.2) is 17.7 Å². The topological polar surface area (TPSA) is 46.5 Å². The lowest BCUT2D eigenvalue weighted by Crippen LogP contribution is -2.08. The number of unbranched alkanes of at least 4 members (excludes halogenated alkanes) is 2. The number of hydrogen-bond donors (Lipinski definition) is 1. The molecular formula is C17H24O3. The first-order chi connectivity index (χ1) is 9.61. The maximum Gasteiger partial charge on any atom is 0.328 e. The highest BCUT2D eigenvalue weighted by molar-refractivity contribution is 5.85. The summed E-state index contributed by atoms with van der Waals surface area (Å²) in [6.07, 6.45) is 7.70. The number of carboxylic acids is 1. The van der Waals surface area contributed by atoms with Gasteiger partial charge in [-0.15, -0.1) is 0 Å². The Balaban J connectivity index is 2.36. The van der Waals surface area contributed by atoms with E-state index >= 15 is 0 Å². The van der Waals surface area contributed by atoms with Gasteiger partial charge in [-0.1, -0.05) is 45.2 Å². The van der Waals surface area contributed by atoms with E-state index in [2.05, 4.69) is 13.8 Å². The molecule has 0 aliphatic rings. The Kier molecular flexibility index (Phi) is 7.48. The Morgan fingerprint density at radius 3 is 2.60 bits per heavy atom. The largest absolute Gasteiger partial charge is 0.493 e. The average molecular weight is 276 g/mol. The van der Waals surface area contributed by atoms with Crippen LogP contribution in [0.4, 0.5) is 0 Å². The Morgan fingerprint density at radius 1 is 1.30 bits per heavy atom. The van der Waals surface area contributed by atoms with Crippen LogP contribution in [0.1, 0.15) is 45.1 Å². The molecule has 1 aromatic rings. The maximum absolute atomic E-state index is 10.4. The summed E-state index contributed by atoms with van der Waals surface area (Å²) in [6, 6.07) is 7.47. The molecular weight excluding hydrogens is 252 g/mol. The Bertz CT molecular complexity index is 420. The molecule has 0 fully saturated rings. The molecule has 1 atom stereocenters. The van der Waals surface area contributed by atoms with E-state index < -0.39 is 5.97 Å². The summed E-state index contributed by atoms with van der Waals surface area (Å²) < 4.78 is 5.74. The molecule has 0 aromatic heterocycles.